The third-order valence-corrected chi connectivity index (χ3v) is 5.25. The maximum absolute atomic E-state index is 13.1. The standard InChI is InChI=1S/C24H24N4O3/c1-4-28-16(2)20(15-25-28)21-14-22(31-27-21)24(29)26-23(17-9-6-5-7-10-17)18-11-8-12-19(13-18)30-3/h5-15,23H,4H2,1-3H3,(H,26,29). The molecule has 0 saturated carbocycles. The van der Waals surface area contributed by atoms with Crippen molar-refractivity contribution in [1.82, 2.24) is 20.3 Å². The molecule has 2 aromatic heterocycles. The van der Waals surface area contributed by atoms with Gasteiger partial charge in [0.25, 0.3) is 5.91 Å². The minimum Gasteiger partial charge on any atom is -0.497 e. The van der Waals surface area contributed by atoms with E-state index in [1.54, 1.807) is 19.4 Å². The monoisotopic (exact) mass is 416 g/mol. The average Bonchev–Trinajstić information content (AvgIpc) is 3.44. The minimum atomic E-state index is -0.373. The van der Waals surface area contributed by atoms with E-state index in [0.29, 0.717) is 5.69 Å². The van der Waals surface area contributed by atoms with E-state index < -0.39 is 0 Å². The van der Waals surface area contributed by atoms with Crippen molar-refractivity contribution in [1.29, 1.82) is 0 Å². The van der Waals surface area contributed by atoms with Crippen LogP contribution in [0.25, 0.3) is 11.3 Å². The van der Waals surface area contributed by atoms with E-state index in [2.05, 4.69) is 15.6 Å². The van der Waals surface area contributed by atoms with Crippen molar-refractivity contribution in [3.05, 3.63) is 89.4 Å². The van der Waals surface area contributed by atoms with Gasteiger partial charge in [0, 0.05) is 23.9 Å². The Morgan fingerprint density at radius 2 is 1.90 bits per heavy atom. The van der Waals surface area contributed by atoms with Crippen molar-refractivity contribution in [2.75, 3.05) is 7.11 Å². The number of methoxy groups -OCH3 is 1. The van der Waals surface area contributed by atoms with Crippen molar-refractivity contribution in [3.8, 4) is 17.0 Å². The first-order valence-corrected chi connectivity index (χ1v) is 10.1. The highest BCUT2D eigenvalue weighted by Crippen LogP contribution is 2.27. The Balaban J connectivity index is 1.62. The van der Waals surface area contributed by atoms with Gasteiger partial charge in [-0.3, -0.25) is 9.48 Å². The van der Waals surface area contributed by atoms with Gasteiger partial charge in [-0.15, -0.1) is 0 Å². The number of ether oxygens (including phenoxy) is 1. The fourth-order valence-electron chi connectivity index (χ4n) is 3.55. The summed E-state index contributed by atoms with van der Waals surface area (Å²) < 4.78 is 12.6. The Morgan fingerprint density at radius 3 is 2.61 bits per heavy atom. The average molecular weight is 416 g/mol. The number of aromatic nitrogens is 3. The van der Waals surface area contributed by atoms with Crippen molar-refractivity contribution < 1.29 is 14.1 Å². The lowest BCUT2D eigenvalue weighted by atomic mass is 9.98. The number of carbonyl (C=O) groups is 1. The minimum absolute atomic E-state index is 0.141. The van der Waals surface area contributed by atoms with Gasteiger partial charge in [0.1, 0.15) is 11.4 Å². The number of nitrogens with one attached hydrogen (secondary N) is 1. The zero-order valence-electron chi connectivity index (χ0n) is 17.7. The van der Waals surface area contributed by atoms with Crippen LogP contribution >= 0.6 is 0 Å². The summed E-state index contributed by atoms with van der Waals surface area (Å²) in [5.74, 6) is 0.511. The summed E-state index contributed by atoms with van der Waals surface area (Å²) in [5.41, 5.74) is 4.25. The van der Waals surface area contributed by atoms with Crippen LogP contribution in [0.5, 0.6) is 5.75 Å². The summed E-state index contributed by atoms with van der Waals surface area (Å²) in [6, 6.07) is 18.7. The normalized spacial score (nSPS) is 11.8. The first-order chi connectivity index (χ1) is 15.1. The molecule has 1 N–H and O–H groups in total. The Hall–Kier alpha value is -3.87. The molecule has 1 unspecified atom stereocenters. The fourth-order valence-corrected chi connectivity index (χ4v) is 3.55. The number of aryl methyl sites for hydroxylation is 1. The van der Waals surface area contributed by atoms with Crippen LogP contribution in [0.2, 0.25) is 0 Å². The van der Waals surface area contributed by atoms with Crippen LogP contribution in [-0.2, 0) is 6.54 Å². The van der Waals surface area contributed by atoms with E-state index in [4.69, 9.17) is 9.26 Å². The molecule has 0 aliphatic rings. The quantitative estimate of drug-likeness (QED) is 0.483. The van der Waals surface area contributed by atoms with Crippen LogP contribution < -0.4 is 10.1 Å². The Kier molecular flexibility index (Phi) is 5.84. The molecule has 0 saturated heterocycles. The van der Waals surface area contributed by atoms with Gasteiger partial charge >= 0.3 is 0 Å². The van der Waals surface area contributed by atoms with Gasteiger partial charge in [0.05, 0.1) is 19.3 Å². The van der Waals surface area contributed by atoms with Crippen molar-refractivity contribution in [3.63, 3.8) is 0 Å². The maximum atomic E-state index is 13.1. The second-order valence-electron chi connectivity index (χ2n) is 7.13. The number of hydrogen-bond donors (Lipinski definition) is 1. The smallest absolute Gasteiger partial charge is 0.290 e. The van der Waals surface area contributed by atoms with Gasteiger partial charge in [-0.25, -0.2) is 0 Å². The maximum Gasteiger partial charge on any atom is 0.290 e. The molecule has 0 spiro atoms. The van der Waals surface area contributed by atoms with Crippen molar-refractivity contribution >= 4 is 5.91 Å². The highest BCUT2D eigenvalue weighted by atomic mass is 16.5. The molecular formula is C24H24N4O3. The zero-order valence-corrected chi connectivity index (χ0v) is 17.7. The van der Waals surface area contributed by atoms with Gasteiger partial charge in [-0.05, 0) is 37.1 Å². The third-order valence-electron chi connectivity index (χ3n) is 5.25. The molecule has 158 valence electrons. The fraction of sp³-hybridized carbons (Fsp3) is 0.208. The summed E-state index contributed by atoms with van der Waals surface area (Å²) in [5, 5.41) is 11.5. The van der Waals surface area contributed by atoms with E-state index in [1.165, 1.54) is 0 Å². The van der Waals surface area contributed by atoms with Crippen LogP contribution in [0.4, 0.5) is 0 Å². The number of nitrogens with zero attached hydrogens (tertiary/aromatic N) is 3. The molecule has 1 atom stereocenters. The molecule has 7 heteroatoms. The second-order valence-corrected chi connectivity index (χ2v) is 7.13. The van der Waals surface area contributed by atoms with Crippen LogP contribution in [-0.4, -0.2) is 28.0 Å². The molecule has 4 aromatic rings. The van der Waals surface area contributed by atoms with E-state index in [1.807, 2.05) is 73.1 Å². The molecule has 2 heterocycles. The van der Waals surface area contributed by atoms with Crippen LogP contribution in [0.3, 0.4) is 0 Å². The van der Waals surface area contributed by atoms with Crippen molar-refractivity contribution in [2.45, 2.75) is 26.4 Å². The summed E-state index contributed by atoms with van der Waals surface area (Å²) in [6.07, 6.45) is 1.74. The van der Waals surface area contributed by atoms with E-state index >= 15 is 0 Å². The Labute approximate surface area is 180 Å². The SMILES string of the molecule is CCn1ncc(-c2cc(C(=O)NC(c3ccccc3)c3cccc(OC)c3)on2)c1C. The predicted molar refractivity (Wildman–Crippen MR) is 117 cm³/mol. The van der Waals surface area contributed by atoms with Crippen LogP contribution in [0, 0.1) is 6.92 Å². The van der Waals surface area contributed by atoms with Gasteiger partial charge in [0.15, 0.2) is 0 Å². The molecule has 2 aromatic carbocycles. The first-order valence-electron chi connectivity index (χ1n) is 10.1. The highest BCUT2D eigenvalue weighted by molar-refractivity contribution is 5.93. The summed E-state index contributed by atoms with van der Waals surface area (Å²) in [6.45, 7) is 4.75. The van der Waals surface area contributed by atoms with Gasteiger partial charge in [-0.2, -0.15) is 5.10 Å². The Morgan fingerprint density at radius 1 is 1.13 bits per heavy atom. The molecule has 31 heavy (non-hydrogen) atoms. The lowest BCUT2D eigenvalue weighted by molar-refractivity contribution is 0.0906. The molecule has 0 radical (unpaired) electrons. The summed E-state index contributed by atoms with van der Waals surface area (Å²) in [7, 11) is 1.62. The molecule has 0 fully saturated rings. The van der Waals surface area contributed by atoms with Gasteiger partial charge in [0.2, 0.25) is 5.76 Å². The highest BCUT2D eigenvalue weighted by Gasteiger charge is 2.22. The topological polar surface area (TPSA) is 82.2 Å². The third kappa shape index (κ3) is 4.21. The van der Waals surface area contributed by atoms with Gasteiger partial charge in [-0.1, -0.05) is 47.6 Å². The number of benzene rings is 2. The van der Waals surface area contributed by atoms with Gasteiger partial charge < -0.3 is 14.6 Å². The predicted octanol–water partition coefficient (Wildman–Crippen LogP) is 4.39. The lowest BCUT2D eigenvalue weighted by Crippen LogP contribution is -2.29. The molecule has 0 bridgehead atoms. The van der Waals surface area contributed by atoms with Crippen molar-refractivity contribution in [2.24, 2.45) is 0 Å². The molecule has 4 rings (SSSR count). The van der Waals surface area contributed by atoms with E-state index in [-0.39, 0.29) is 17.7 Å². The molecule has 0 aliphatic carbocycles. The number of carbonyl (C=O) groups excluding carboxylic acids is 1. The van der Waals surface area contributed by atoms with Crippen LogP contribution in [0.15, 0.2) is 71.4 Å². The number of hydrogen-bond acceptors (Lipinski definition) is 5. The van der Waals surface area contributed by atoms with E-state index in [9.17, 15) is 4.79 Å². The van der Waals surface area contributed by atoms with E-state index in [0.717, 1.165) is 34.7 Å². The molecule has 7 nitrogen and oxygen atoms in total. The molecule has 1 amide bonds. The lowest BCUT2D eigenvalue weighted by Gasteiger charge is -2.19. The largest absolute Gasteiger partial charge is 0.497 e. The Bertz CT molecular complexity index is 1180. The zero-order chi connectivity index (χ0) is 21.8. The number of amides is 1. The molecular weight excluding hydrogens is 392 g/mol. The number of rotatable bonds is 7. The first kappa shape index (κ1) is 20.4. The molecule has 0 aliphatic heterocycles. The summed E-state index contributed by atoms with van der Waals surface area (Å²) >= 11 is 0. The second kappa shape index (κ2) is 8.87. The van der Waals surface area contributed by atoms with Crippen LogP contribution in [0.1, 0.15) is 40.3 Å². The summed E-state index contributed by atoms with van der Waals surface area (Å²) in [4.78, 5) is 13.1.